The zero-order valence-corrected chi connectivity index (χ0v) is 24.9. The van der Waals surface area contributed by atoms with Crippen LogP contribution in [-0.2, 0) is 4.79 Å². The highest BCUT2D eigenvalue weighted by Crippen LogP contribution is 2.35. The molecule has 192 valence electrons. The lowest BCUT2D eigenvalue weighted by Gasteiger charge is -2.32. The number of fused-ring (bicyclic) bond motifs is 1. The van der Waals surface area contributed by atoms with Crippen molar-refractivity contribution in [2.45, 2.75) is 18.9 Å². The number of nitrogens with two attached hydrogens (primary N) is 1. The molecule has 0 saturated carbocycles. The number of anilines is 1. The van der Waals surface area contributed by atoms with E-state index in [4.69, 9.17) is 27.2 Å². The molecule has 0 radical (unpaired) electrons. The predicted molar refractivity (Wildman–Crippen MR) is 163 cm³/mol. The molecule has 37 heavy (non-hydrogen) atoms. The van der Waals surface area contributed by atoms with Gasteiger partial charge in [0.05, 0.1) is 15.9 Å². The summed E-state index contributed by atoms with van der Waals surface area (Å²) in [5.74, 6) is 1.62. The minimum Gasteiger partial charge on any atom is -0.457 e. The summed E-state index contributed by atoms with van der Waals surface area (Å²) in [6.07, 6.45) is 3.16. The van der Waals surface area contributed by atoms with E-state index in [1.54, 1.807) is 17.0 Å². The number of piperidine rings is 1. The molecule has 1 unspecified atom stereocenters. The van der Waals surface area contributed by atoms with Gasteiger partial charge in [-0.25, -0.2) is 14.6 Å². The Bertz CT molecular complexity index is 1420. The van der Waals surface area contributed by atoms with Crippen LogP contribution in [0.25, 0.3) is 22.3 Å². The first-order valence-corrected chi connectivity index (χ1v) is 15.6. The van der Waals surface area contributed by atoms with Crippen molar-refractivity contribution < 1.29 is 9.53 Å². The van der Waals surface area contributed by atoms with Gasteiger partial charge in [0.25, 0.3) is 5.91 Å². The number of nitrogen functional groups attached to an aromatic ring is 1. The number of ether oxygens (including phenoxy) is 1. The lowest BCUT2D eigenvalue weighted by Crippen LogP contribution is -2.41. The number of carbonyl (C=O) groups is 1. The molecule has 0 spiro atoms. The maximum absolute atomic E-state index is 12.5. The Morgan fingerprint density at radius 1 is 1.14 bits per heavy atom. The summed E-state index contributed by atoms with van der Waals surface area (Å²) in [6, 6.07) is 14.7. The number of likely N-dealkylation sites (tertiary alicyclic amines) is 1. The summed E-state index contributed by atoms with van der Waals surface area (Å²) < 4.78 is 8.12. The van der Waals surface area contributed by atoms with Crippen LogP contribution in [0.5, 0.6) is 11.5 Å². The lowest BCUT2D eigenvalue weighted by molar-refractivity contribution is -0.127. The molecule has 4 aromatic rings. The fourth-order valence-electron chi connectivity index (χ4n) is 4.28. The van der Waals surface area contributed by atoms with Gasteiger partial charge in [-0.15, -0.1) is 9.80 Å². The summed E-state index contributed by atoms with van der Waals surface area (Å²) in [6.45, 7) is 4.91. The van der Waals surface area contributed by atoms with Crippen molar-refractivity contribution in [2.24, 2.45) is 0 Å². The van der Waals surface area contributed by atoms with Crippen LogP contribution < -0.4 is 10.5 Å². The number of benzene rings is 2. The maximum atomic E-state index is 12.5. The van der Waals surface area contributed by atoms with Crippen molar-refractivity contribution in [2.75, 3.05) is 18.8 Å². The summed E-state index contributed by atoms with van der Waals surface area (Å²) in [5, 5.41) is 6.25. The number of rotatable bonds is 5. The molecule has 8 nitrogen and oxygen atoms in total. The fourth-order valence-corrected chi connectivity index (χ4v) is 4.66. The molecule has 1 saturated heterocycles. The van der Waals surface area contributed by atoms with Gasteiger partial charge < -0.3 is 15.4 Å². The molecule has 0 bridgehead atoms. The molecule has 5 rings (SSSR count). The average molecular weight is 714 g/mol. The molecule has 1 amide bonds. The quantitative estimate of drug-likeness (QED) is 0.133. The third kappa shape index (κ3) is 6.21. The number of aromatic nitrogens is 4. The van der Waals surface area contributed by atoms with Crippen LogP contribution >= 0.6 is 58.5 Å². The second kappa shape index (κ2) is 12.5. The van der Waals surface area contributed by atoms with E-state index in [9.17, 15) is 4.79 Å². The number of hydrogen-bond acceptors (Lipinski definition) is 7. The van der Waals surface area contributed by atoms with Gasteiger partial charge in [-0.3, -0.25) is 4.79 Å². The van der Waals surface area contributed by atoms with E-state index in [1.807, 2.05) is 62.3 Å². The highest BCUT2D eigenvalue weighted by Gasteiger charge is 2.29. The number of carbonyl (C=O) groups excluding carboxylic acids is 1. The third-order valence-corrected chi connectivity index (χ3v) is 6.55. The topological polar surface area (TPSA) is 99.2 Å². The van der Waals surface area contributed by atoms with Crippen LogP contribution in [0.15, 0.2) is 65.9 Å². The molecule has 3 heterocycles. The summed E-state index contributed by atoms with van der Waals surface area (Å²) in [4.78, 5) is 23.0. The van der Waals surface area contributed by atoms with Gasteiger partial charge >= 0.3 is 0 Å². The minimum atomic E-state index is -0.114. The predicted octanol–water partition coefficient (Wildman–Crippen LogP) is 6.86. The Morgan fingerprint density at radius 3 is 2.43 bits per heavy atom. The normalized spacial score (nSPS) is 15.1. The summed E-state index contributed by atoms with van der Waals surface area (Å²) in [7, 11) is 3.50. The molecular formula is C25H23BrClIN6O2S. The standard InChI is InChI=1S/C25H22BrClN6O2.HIS/c1-15(26)25(34)32-12-2-3-18(13-32)33-24-21(23(28)29-14-30-24)22(31-33)16-4-8-19(9-5-16)35-20-10-6-17(27)7-11-20;1-2/h4-11,14,18H,1-3,12-13H2,(H2,28,29,30);2H. The SMILES string of the molecule is C=C(Br)C(=O)N1CCCC(n2nc(-c3ccc(Oc4ccc(Cl)cc4)cc3)c3c(N)ncnc32)C1.SI. The van der Waals surface area contributed by atoms with Gasteiger partial charge in [0.15, 0.2) is 5.65 Å². The van der Waals surface area contributed by atoms with E-state index in [-0.39, 0.29) is 11.9 Å². The largest absolute Gasteiger partial charge is 0.457 e. The van der Waals surface area contributed by atoms with Crippen LogP contribution in [0.1, 0.15) is 18.9 Å². The smallest absolute Gasteiger partial charge is 0.260 e. The molecule has 0 aliphatic carbocycles. The second-order valence-electron chi connectivity index (χ2n) is 8.28. The highest BCUT2D eigenvalue weighted by atomic mass is 127. The van der Waals surface area contributed by atoms with Gasteiger partial charge in [-0.05, 0) is 98.5 Å². The Morgan fingerprint density at radius 2 is 1.78 bits per heavy atom. The van der Waals surface area contributed by atoms with Crippen molar-refractivity contribution in [1.82, 2.24) is 24.6 Å². The van der Waals surface area contributed by atoms with Crippen LogP contribution in [0.2, 0.25) is 5.02 Å². The zero-order valence-electron chi connectivity index (χ0n) is 19.5. The number of thiol groups is 1. The van der Waals surface area contributed by atoms with Crippen molar-refractivity contribution in [3.8, 4) is 22.8 Å². The summed E-state index contributed by atoms with van der Waals surface area (Å²) >= 11 is 11.0. The van der Waals surface area contributed by atoms with Gasteiger partial charge in [-0.1, -0.05) is 18.2 Å². The molecule has 1 atom stereocenters. The maximum Gasteiger partial charge on any atom is 0.260 e. The van der Waals surface area contributed by atoms with Crippen molar-refractivity contribution >= 4 is 81.3 Å². The number of halogens is 3. The molecule has 2 aromatic heterocycles. The van der Waals surface area contributed by atoms with Crippen LogP contribution in [0.3, 0.4) is 0 Å². The number of amides is 1. The highest BCUT2D eigenvalue weighted by molar-refractivity contribution is 14.2. The first-order valence-electron chi connectivity index (χ1n) is 11.2. The Hall–Kier alpha value is -2.35. The van der Waals surface area contributed by atoms with E-state index < -0.39 is 0 Å². The van der Waals surface area contributed by atoms with Gasteiger partial charge in [0.1, 0.15) is 29.3 Å². The molecule has 1 aliphatic rings. The van der Waals surface area contributed by atoms with Crippen LogP contribution in [0, 0.1) is 0 Å². The van der Waals surface area contributed by atoms with E-state index in [0.717, 1.165) is 18.4 Å². The molecular weight excluding hydrogens is 691 g/mol. The third-order valence-electron chi connectivity index (χ3n) is 5.96. The van der Waals surface area contributed by atoms with E-state index in [1.165, 1.54) is 6.33 Å². The lowest BCUT2D eigenvalue weighted by atomic mass is 10.1. The summed E-state index contributed by atoms with van der Waals surface area (Å²) in [5.41, 5.74) is 8.46. The molecule has 2 N–H and O–H groups in total. The molecule has 12 heteroatoms. The van der Waals surface area contributed by atoms with Gasteiger partial charge in [-0.2, -0.15) is 5.10 Å². The monoisotopic (exact) mass is 712 g/mol. The zero-order chi connectivity index (χ0) is 26.5. The molecule has 2 aromatic carbocycles. The number of nitrogens with zero attached hydrogens (tertiary/aromatic N) is 5. The molecule has 1 aliphatic heterocycles. The number of hydrogen-bond donors (Lipinski definition) is 2. The van der Waals surface area contributed by atoms with E-state index >= 15 is 0 Å². The Labute approximate surface area is 245 Å². The second-order valence-corrected chi connectivity index (χ2v) is 9.68. The minimum absolute atomic E-state index is 0.0439. The average Bonchev–Trinajstić information content (AvgIpc) is 3.32. The van der Waals surface area contributed by atoms with Gasteiger partial charge in [0, 0.05) is 23.7 Å². The Kier molecular flexibility index (Phi) is 9.32. The van der Waals surface area contributed by atoms with E-state index in [2.05, 4.69) is 42.3 Å². The van der Waals surface area contributed by atoms with Crippen molar-refractivity contribution in [1.29, 1.82) is 0 Å². The molecule has 1 fully saturated rings. The van der Waals surface area contributed by atoms with Crippen LogP contribution in [0.4, 0.5) is 5.82 Å². The van der Waals surface area contributed by atoms with Crippen LogP contribution in [-0.4, -0.2) is 43.6 Å². The van der Waals surface area contributed by atoms with E-state index in [0.29, 0.717) is 56.6 Å². The Balaban J connectivity index is 0.00000156. The fraction of sp³-hybridized carbons (Fsp3) is 0.200. The first kappa shape index (κ1) is 27.7. The van der Waals surface area contributed by atoms with Crippen molar-refractivity contribution in [3.63, 3.8) is 0 Å². The first-order chi connectivity index (χ1) is 17.9. The van der Waals surface area contributed by atoms with Crippen molar-refractivity contribution in [3.05, 3.63) is 70.9 Å². The van der Waals surface area contributed by atoms with Gasteiger partial charge in [0.2, 0.25) is 0 Å².